The molecule has 0 aromatic carbocycles. The number of hydrogen-bond donors (Lipinski definition) is 1. The fourth-order valence-electron chi connectivity index (χ4n) is 2.83. The van der Waals surface area contributed by atoms with Gasteiger partial charge in [-0.2, -0.15) is 18.4 Å². The van der Waals surface area contributed by atoms with Crippen LogP contribution in [0.1, 0.15) is 46.5 Å². The van der Waals surface area contributed by atoms with Gasteiger partial charge in [0.1, 0.15) is 5.54 Å². The van der Waals surface area contributed by atoms with Gasteiger partial charge < -0.3 is 4.74 Å². The molecule has 1 aliphatic carbocycles. The Morgan fingerprint density at radius 2 is 2.05 bits per heavy atom. The van der Waals surface area contributed by atoms with E-state index >= 15 is 0 Å². The zero-order valence-corrected chi connectivity index (χ0v) is 12.3. The van der Waals surface area contributed by atoms with Gasteiger partial charge in [0.2, 0.25) is 0 Å². The van der Waals surface area contributed by atoms with Gasteiger partial charge in [-0.25, -0.2) is 0 Å². The Morgan fingerprint density at radius 3 is 2.55 bits per heavy atom. The molecular formula is C14H23F3N2O. The first-order valence-corrected chi connectivity index (χ1v) is 7.08. The van der Waals surface area contributed by atoms with E-state index in [1.165, 1.54) is 0 Å². The zero-order valence-electron chi connectivity index (χ0n) is 12.3. The molecule has 1 saturated carbocycles. The minimum absolute atomic E-state index is 0.0363. The Balaban J connectivity index is 2.52. The Hall–Kier alpha value is -0.800. The predicted octanol–water partition coefficient (Wildman–Crippen LogP) is 3.40. The summed E-state index contributed by atoms with van der Waals surface area (Å²) in [7, 11) is 0. The lowest BCUT2D eigenvalue weighted by Crippen LogP contribution is -2.50. The third kappa shape index (κ3) is 4.35. The lowest BCUT2D eigenvalue weighted by molar-refractivity contribution is -0.215. The van der Waals surface area contributed by atoms with Crippen molar-refractivity contribution in [1.29, 1.82) is 5.26 Å². The van der Waals surface area contributed by atoms with Crippen LogP contribution in [0.15, 0.2) is 0 Å². The van der Waals surface area contributed by atoms with Gasteiger partial charge in [0, 0.05) is 12.6 Å². The second-order valence-corrected chi connectivity index (χ2v) is 5.81. The van der Waals surface area contributed by atoms with E-state index in [2.05, 4.69) is 11.4 Å². The van der Waals surface area contributed by atoms with E-state index in [0.717, 1.165) is 26.2 Å². The largest absolute Gasteiger partial charge is 0.414 e. The highest BCUT2D eigenvalue weighted by Gasteiger charge is 2.43. The first kappa shape index (κ1) is 17.3. The van der Waals surface area contributed by atoms with Crippen LogP contribution in [0.2, 0.25) is 0 Å². The van der Waals surface area contributed by atoms with Crippen LogP contribution < -0.4 is 5.32 Å². The van der Waals surface area contributed by atoms with Crippen molar-refractivity contribution in [2.24, 2.45) is 5.92 Å². The smallest absolute Gasteiger partial charge is 0.369 e. The van der Waals surface area contributed by atoms with E-state index in [1.807, 2.05) is 13.8 Å². The van der Waals surface area contributed by atoms with E-state index in [4.69, 9.17) is 4.74 Å². The number of ether oxygens (including phenoxy) is 1. The normalized spacial score (nSPS) is 28.6. The molecule has 116 valence electrons. The zero-order chi connectivity index (χ0) is 15.4. The van der Waals surface area contributed by atoms with Crippen LogP contribution in [0.25, 0.3) is 0 Å². The number of nitrogens with one attached hydrogen (secondary N) is 1. The summed E-state index contributed by atoms with van der Waals surface area (Å²) < 4.78 is 41.9. The van der Waals surface area contributed by atoms with Crippen LogP contribution in [-0.4, -0.2) is 30.5 Å². The lowest BCUT2D eigenvalue weighted by Gasteiger charge is -2.32. The molecule has 0 spiro atoms. The van der Waals surface area contributed by atoms with Crippen LogP contribution in [0.4, 0.5) is 13.2 Å². The maximum atomic E-state index is 12.4. The van der Waals surface area contributed by atoms with Gasteiger partial charge in [0.25, 0.3) is 0 Å². The number of halogens is 3. The van der Waals surface area contributed by atoms with Crippen LogP contribution in [0.3, 0.4) is 0 Å². The molecule has 0 bridgehead atoms. The standard InChI is InChI=1S/C14H23F3N2O/c1-10(2)19-13(9-18)7-4-5-12(13)6-8-20-11(3)14(15,16)17/h10-12,19H,4-8H2,1-3H3. The van der Waals surface area contributed by atoms with Crippen LogP contribution in [0, 0.1) is 17.2 Å². The van der Waals surface area contributed by atoms with Crippen molar-refractivity contribution < 1.29 is 17.9 Å². The van der Waals surface area contributed by atoms with E-state index in [0.29, 0.717) is 6.42 Å². The maximum absolute atomic E-state index is 12.4. The highest BCUT2D eigenvalue weighted by Crippen LogP contribution is 2.38. The van der Waals surface area contributed by atoms with Crippen molar-refractivity contribution in [2.45, 2.75) is 70.3 Å². The molecule has 1 fully saturated rings. The molecule has 0 radical (unpaired) electrons. The fraction of sp³-hybridized carbons (Fsp3) is 0.929. The SMILES string of the molecule is CC(C)NC1(C#N)CCCC1CCOC(C)C(F)(F)F. The summed E-state index contributed by atoms with van der Waals surface area (Å²) in [6, 6.07) is 2.51. The van der Waals surface area contributed by atoms with Crippen molar-refractivity contribution in [1.82, 2.24) is 5.32 Å². The average Bonchev–Trinajstić information content (AvgIpc) is 2.70. The molecule has 1 aliphatic rings. The highest BCUT2D eigenvalue weighted by molar-refractivity contribution is 5.14. The summed E-state index contributed by atoms with van der Waals surface area (Å²) in [5.74, 6) is 0.0512. The first-order chi connectivity index (χ1) is 9.21. The quantitative estimate of drug-likeness (QED) is 0.816. The van der Waals surface area contributed by atoms with Gasteiger partial charge in [-0.1, -0.05) is 6.42 Å². The predicted molar refractivity (Wildman–Crippen MR) is 70.0 cm³/mol. The minimum atomic E-state index is -4.32. The van der Waals surface area contributed by atoms with Crippen LogP contribution >= 0.6 is 0 Å². The molecule has 0 aromatic rings. The Bertz CT molecular complexity index is 351. The number of alkyl halides is 3. The minimum Gasteiger partial charge on any atom is -0.369 e. The average molecular weight is 292 g/mol. The molecule has 0 heterocycles. The van der Waals surface area contributed by atoms with Crippen molar-refractivity contribution >= 4 is 0 Å². The number of nitrogens with zero attached hydrogens (tertiary/aromatic N) is 1. The molecule has 6 heteroatoms. The topological polar surface area (TPSA) is 45.0 Å². The van der Waals surface area contributed by atoms with Crippen molar-refractivity contribution in [3.05, 3.63) is 0 Å². The van der Waals surface area contributed by atoms with Gasteiger partial charge >= 0.3 is 6.18 Å². The van der Waals surface area contributed by atoms with Crippen LogP contribution in [-0.2, 0) is 4.74 Å². The first-order valence-electron chi connectivity index (χ1n) is 7.08. The summed E-state index contributed by atoms with van der Waals surface area (Å²) >= 11 is 0. The van der Waals surface area contributed by atoms with Crippen LogP contribution in [0.5, 0.6) is 0 Å². The second-order valence-electron chi connectivity index (χ2n) is 5.81. The summed E-state index contributed by atoms with van der Waals surface area (Å²) in [6.07, 6.45) is -3.06. The molecule has 20 heavy (non-hydrogen) atoms. The Kier molecular flexibility index (Phi) is 5.84. The Morgan fingerprint density at radius 1 is 1.40 bits per heavy atom. The maximum Gasteiger partial charge on any atom is 0.414 e. The summed E-state index contributed by atoms with van der Waals surface area (Å²) in [5, 5.41) is 12.7. The summed E-state index contributed by atoms with van der Waals surface area (Å²) in [5.41, 5.74) is -0.612. The second kappa shape index (κ2) is 6.77. The van der Waals surface area contributed by atoms with Crippen molar-refractivity contribution in [2.75, 3.05) is 6.61 Å². The molecule has 0 aromatic heterocycles. The summed E-state index contributed by atoms with van der Waals surface area (Å²) in [4.78, 5) is 0. The van der Waals surface area contributed by atoms with Gasteiger partial charge in [-0.15, -0.1) is 0 Å². The molecule has 0 aliphatic heterocycles. The van der Waals surface area contributed by atoms with Gasteiger partial charge in [-0.05, 0) is 46.0 Å². The lowest BCUT2D eigenvalue weighted by atomic mass is 9.85. The molecule has 1 rings (SSSR count). The Labute approximate surface area is 118 Å². The number of hydrogen-bond acceptors (Lipinski definition) is 3. The van der Waals surface area contributed by atoms with Crippen molar-refractivity contribution in [3.63, 3.8) is 0 Å². The monoisotopic (exact) mass is 292 g/mol. The van der Waals surface area contributed by atoms with Gasteiger partial charge in [-0.3, -0.25) is 5.32 Å². The highest BCUT2D eigenvalue weighted by atomic mass is 19.4. The molecule has 0 amide bonds. The van der Waals surface area contributed by atoms with Gasteiger partial charge in [0.05, 0.1) is 6.07 Å². The van der Waals surface area contributed by atoms with E-state index in [-0.39, 0.29) is 18.6 Å². The third-order valence-corrected chi connectivity index (χ3v) is 3.86. The van der Waals surface area contributed by atoms with E-state index in [1.54, 1.807) is 0 Å². The summed E-state index contributed by atoms with van der Waals surface area (Å²) in [6.45, 7) is 4.99. The van der Waals surface area contributed by atoms with E-state index < -0.39 is 17.8 Å². The van der Waals surface area contributed by atoms with Crippen molar-refractivity contribution in [3.8, 4) is 6.07 Å². The molecule has 3 nitrogen and oxygen atoms in total. The van der Waals surface area contributed by atoms with E-state index in [9.17, 15) is 18.4 Å². The molecule has 1 N–H and O–H groups in total. The molecule has 3 atom stereocenters. The fourth-order valence-corrected chi connectivity index (χ4v) is 2.83. The number of rotatable bonds is 6. The molecule has 3 unspecified atom stereocenters. The molecular weight excluding hydrogens is 269 g/mol. The number of nitriles is 1. The molecule has 0 saturated heterocycles. The van der Waals surface area contributed by atoms with Gasteiger partial charge in [0.15, 0.2) is 6.10 Å². The third-order valence-electron chi connectivity index (χ3n) is 3.86.